The Labute approximate surface area is 217 Å². The third-order valence-electron chi connectivity index (χ3n) is 5.47. The van der Waals surface area contributed by atoms with Crippen LogP contribution in [0, 0.1) is 5.82 Å². The van der Waals surface area contributed by atoms with Crippen LogP contribution in [-0.2, 0) is 14.3 Å². The zero-order valence-corrected chi connectivity index (χ0v) is 20.3. The minimum absolute atomic E-state index is 0.0739. The van der Waals surface area contributed by atoms with E-state index in [0.717, 1.165) is 12.1 Å². The van der Waals surface area contributed by atoms with Crippen LogP contribution in [0.2, 0.25) is 0 Å². The van der Waals surface area contributed by atoms with Crippen LogP contribution in [-0.4, -0.2) is 36.6 Å². The number of para-hydroxylation sites is 2. The molecule has 5 N–H and O–H groups in total. The molecule has 11 heteroatoms. The molecule has 0 saturated heterocycles. The summed E-state index contributed by atoms with van der Waals surface area (Å²) in [5, 5.41) is 14.9. The summed E-state index contributed by atoms with van der Waals surface area (Å²) in [5.74, 6) is -0.990. The Morgan fingerprint density at radius 2 is 1.89 bits per heavy atom. The Morgan fingerprint density at radius 1 is 1.11 bits per heavy atom. The minimum atomic E-state index is -1.19. The van der Waals surface area contributed by atoms with E-state index in [1.165, 1.54) is 18.2 Å². The zero-order valence-electron chi connectivity index (χ0n) is 20.3. The van der Waals surface area contributed by atoms with Crippen molar-refractivity contribution in [3.05, 3.63) is 84.2 Å². The Morgan fingerprint density at radius 3 is 2.66 bits per heavy atom. The van der Waals surface area contributed by atoms with Gasteiger partial charge < -0.3 is 35.1 Å². The molecule has 1 heterocycles. The van der Waals surface area contributed by atoms with Crippen molar-refractivity contribution in [2.45, 2.75) is 19.1 Å². The first kappa shape index (κ1) is 26.3. The average Bonchev–Trinajstić information content (AvgIpc) is 3.36. The van der Waals surface area contributed by atoms with Gasteiger partial charge in [-0.2, -0.15) is 0 Å². The minimum Gasteiger partial charge on any atom is -0.505 e. The average molecular weight is 524 g/mol. The van der Waals surface area contributed by atoms with Crippen LogP contribution < -0.4 is 25.8 Å². The van der Waals surface area contributed by atoms with E-state index in [4.69, 9.17) is 24.7 Å². The lowest BCUT2D eigenvalue weighted by Crippen LogP contribution is -2.28. The highest BCUT2D eigenvalue weighted by atomic mass is 19.1. The highest BCUT2D eigenvalue weighted by Crippen LogP contribution is 2.35. The second-order valence-electron chi connectivity index (χ2n) is 8.09. The van der Waals surface area contributed by atoms with Gasteiger partial charge in [0.25, 0.3) is 0 Å². The molecule has 1 aliphatic rings. The van der Waals surface area contributed by atoms with E-state index < -0.39 is 35.8 Å². The summed E-state index contributed by atoms with van der Waals surface area (Å²) in [6.45, 7) is 1.98. The van der Waals surface area contributed by atoms with E-state index >= 15 is 0 Å². The predicted octanol–water partition coefficient (Wildman–Crippen LogP) is 4.73. The van der Waals surface area contributed by atoms with Crippen molar-refractivity contribution >= 4 is 29.1 Å². The first-order chi connectivity index (χ1) is 18.3. The van der Waals surface area contributed by atoms with Gasteiger partial charge in [0.15, 0.2) is 29.2 Å². The van der Waals surface area contributed by atoms with Gasteiger partial charge in [-0.3, -0.25) is 10.1 Å². The van der Waals surface area contributed by atoms with E-state index in [1.54, 1.807) is 49.4 Å². The van der Waals surface area contributed by atoms with Gasteiger partial charge in [0.05, 0.1) is 11.4 Å². The molecule has 1 aliphatic heterocycles. The number of nitrogen functional groups attached to an aromatic ring is 1. The maximum atomic E-state index is 14.2. The van der Waals surface area contributed by atoms with Gasteiger partial charge in [0.2, 0.25) is 12.7 Å². The molecule has 38 heavy (non-hydrogen) atoms. The van der Waals surface area contributed by atoms with E-state index in [2.05, 4.69) is 10.6 Å². The monoisotopic (exact) mass is 523 g/mol. The smallest absolute Gasteiger partial charge is 0.412 e. The summed E-state index contributed by atoms with van der Waals surface area (Å²) in [7, 11) is 0. The fourth-order valence-corrected chi connectivity index (χ4v) is 3.67. The Bertz CT molecular complexity index is 1350. The molecule has 3 aromatic carbocycles. The maximum absolute atomic E-state index is 14.2. The molecule has 2 amide bonds. The number of halogens is 1. The number of benzene rings is 3. The molecule has 0 saturated carbocycles. The molecule has 0 unspecified atom stereocenters. The summed E-state index contributed by atoms with van der Waals surface area (Å²) >= 11 is 0. The number of nitrogens with one attached hydrogen (secondary N) is 2. The number of hydrogen-bond donors (Lipinski definition) is 4. The number of amides is 2. The number of phenols is 1. The van der Waals surface area contributed by atoms with Gasteiger partial charge in [-0.15, -0.1) is 0 Å². The first-order valence-electron chi connectivity index (χ1n) is 11.6. The molecule has 0 radical (unpaired) electrons. The highest BCUT2D eigenvalue weighted by molar-refractivity contribution is 6.01. The maximum Gasteiger partial charge on any atom is 0.412 e. The summed E-state index contributed by atoms with van der Waals surface area (Å²) in [6, 6.07) is 15.1. The van der Waals surface area contributed by atoms with Gasteiger partial charge in [0.1, 0.15) is 6.10 Å². The quantitative estimate of drug-likeness (QED) is 0.233. The van der Waals surface area contributed by atoms with E-state index in [9.17, 15) is 19.1 Å². The van der Waals surface area contributed by atoms with Crippen LogP contribution in [0.4, 0.5) is 26.2 Å². The molecule has 0 spiro atoms. The summed E-state index contributed by atoms with van der Waals surface area (Å²) < 4.78 is 36.2. The number of hydrogen-bond acceptors (Lipinski definition) is 8. The number of rotatable bonds is 9. The van der Waals surface area contributed by atoms with Gasteiger partial charge in [-0.05, 0) is 55.0 Å². The van der Waals surface area contributed by atoms with Crippen molar-refractivity contribution in [1.82, 2.24) is 0 Å². The molecule has 3 aromatic rings. The molecular formula is C27H26FN3O7. The van der Waals surface area contributed by atoms with Crippen molar-refractivity contribution in [2.24, 2.45) is 0 Å². The number of anilines is 3. The largest absolute Gasteiger partial charge is 0.505 e. The number of nitrogens with two attached hydrogens (primary N) is 1. The molecule has 198 valence electrons. The van der Waals surface area contributed by atoms with Crippen LogP contribution in [0.5, 0.6) is 17.2 Å². The van der Waals surface area contributed by atoms with Gasteiger partial charge in [-0.25, -0.2) is 9.18 Å². The molecule has 0 bridgehead atoms. The fourth-order valence-electron chi connectivity index (χ4n) is 3.67. The van der Waals surface area contributed by atoms with Crippen molar-refractivity contribution in [3.63, 3.8) is 0 Å². The van der Waals surface area contributed by atoms with E-state index in [1.807, 2.05) is 0 Å². The highest BCUT2D eigenvalue weighted by Gasteiger charge is 2.28. The molecule has 0 aromatic heterocycles. The second kappa shape index (κ2) is 12.0. The van der Waals surface area contributed by atoms with Gasteiger partial charge >= 0.3 is 6.09 Å². The number of fused-ring (bicyclic) bond motifs is 1. The van der Waals surface area contributed by atoms with Gasteiger partial charge in [-0.1, -0.05) is 18.2 Å². The first-order valence-corrected chi connectivity index (χ1v) is 11.6. The Balaban J connectivity index is 1.55. The Kier molecular flexibility index (Phi) is 8.29. The number of carbonyl (C=O) groups excluding carboxylic acids is 2. The van der Waals surface area contributed by atoms with Crippen LogP contribution in [0.25, 0.3) is 0 Å². The van der Waals surface area contributed by atoms with Crippen LogP contribution >= 0.6 is 0 Å². The normalized spacial score (nSPS) is 13.6. The number of carbonyl (C=O) groups is 2. The lowest BCUT2D eigenvalue weighted by Gasteiger charge is -2.25. The molecule has 0 fully saturated rings. The number of phenolic OH excluding ortho intramolecular Hbond substituents is 1. The van der Waals surface area contributed by atoms with Crippen LogP contribution in [0.1, 0.15) is 18.6 Å². The molecule has 2 atom stereocenters. The lowest BCUT2D eigenvalue weighted by atomic mass is 10.0. The molecule has 4 rings (SSSR count). The molecular weight excluding hydrogens is 497 g/mol. The topological polar surface area (TPSA) is 141 Å². The summed E-state index contributed by atoms with van der Waals surface area (Å²) in [6.07, 6.45) is -0.464. The SMILES string of the molecule is CCO[C@@H](/C=C/C(=O)Nc1ccccc1N)[C@@H](OC(=O)Nc1ccc2c(c1)OCO2)c1ccc(O)c(F)c1. The van der Waals surface area contributed by atoms with Crippen LogP contribution in [0.15, 0.2) is 72.8 Å². The lowest BCUT2D eigenvalue weighted by molar-refractivity contribution is -0.112. The van der Waals surface area contributed by atoms with Crippen LogP contribution in [0.3, 0.4) is 0 Å². The van der Waals surface area contributed by atoms with Crippen molar-refractivity contribution < 1.29 is 38.0 Å². The summed E-state index contributed by atoms with van der Waals surface area (Å²) in [5.41, 5.74) is 7.25. The molecule has 0 aliphatic carbocycles. The third kappa shape index (κ3) is 6.51. The summed E-state index contributed by atoms with van der Waals surface area (Å²) in [4.78, 5) is 25.4. The van der Waals surface area contributed by atoms with Crippen molar-refractivity contribution in [1.29, 1.82) is 0 Å². The number of ether oxygens (including phenoxy) is 4. The fraction of sp³-hybridized carbons (Fsp3) is 0.185. The Hall–Kier alpha value is -4.77. The van der Waals surface area contributed by atoms with E-state index in [0.29, 0.717) is 28.6 Å². The van der Waals surface area contributed by atoms with Crippen molar-refractivity contribution in [2.75, 3.05) is 29.8 Å². The van der Waals surface area contributed by atoms with E-state index in [-0.39, 0.29) is 19.0 Å². The molecule has 10 nitrogen and oxygen atoms in total. The number of aromatic hydroxyl groups is 1. The second-order valence-corrected chi connectivity index (χ2v) is 8.09. The standard InChI is InChI=1S/C27H26FN3O7/c1-2-35-23(11-12-25(33)31-20-6-4-3-5-19(20)29)26(16-7-9-21(32)18(28)13-16)38-27(34)30-17-8-10-22-24(14-17)37-15-36-22/h3-14,23,26,32H,2,15,29H2,1H3,(H,30,34)(H,31,33)/b12-11+/t23-,26-/m0/s1. The zero-order chi connectivity index (χ0) is 27.1. The third-order valence-corrected chi connectivity index (χ3v) is 5.47. The predicted molar refractivity (Wildman–Crippen MR) is 138 cm³/mol. The van der Waals surface area contributed by atoms with Crippen molar-refractivity contribution in [3.8, 4) is 17.2 Å². The van der Waals surface area contributed by atoms with Gasteiger partial charge in [0, 0.05) is 24.4 Å².